The number of nitrogens with zero attached hydrogens (tertiary/aromatic N) is 3. The van der Waals surface area contributed by atoms with Crippen LogP contribution >= 0.6 is 23.1 Å². The number of H-pyrrole nitrogens is 1. The maximum absolute atomic E-state index is 12.5. The molecular weight excluding hydrogens is 430 g/mol. The summed E-state index contributed by atoms with van der Waals surface area (Å²) in [5.74, 6) is 1.01. The molecule has 4 rings (SSSR count). The third-order valence-corrected chi connectivity index (χ3v) is 7.76. The van der Waals surface area contributed by atoms with Gasteiger partial charge in [0.15, 0.2) is 5.16 Å². The predicted octanol–water partition coefficient (Wildman–Crippen LogP) is 2.91. The Morgan fingerprint density at radius 2 is 2.03 bits per heavy atom. The van der Waals surface area contributed by atoms with E-state index in [1.165, 1.54) is 35.2 Å². The molecule has 0 bridgehead atoms. The van der Waals surface area contributed by atoms with E-state index < -0.39 is 10.0 Å². The maximum Gasteiger partial charge on any atom is 0.259 e. The number of imidazole rings is 1. The Balaban J connectivity index is 1.69. The maximum atomic E-state index is 12.5. The van der Waals surface area contributed by atoms with Crippen LogP contribution in [0.3, 0.4) is 0 Å². The predicted molar refractivity (Wildman–Crippen MR) is 116 cm³/mol. The molecule has 3 N–H and O–H groups in total. The van der Waals surface area contributed by atoms with Gasteiger partial charge in [-0.15, -0.1) is 11.3 Å². The van der Waals surface area contributed by atoms with Crippen molar-refractivity contribution >= 4 is 54.4 Å². The number of rotatable bonds is 5. The van der Waals surface area contributed by atoms with Gasteiger partial charge in [-0.25, -0.2) is 23.5 Å². The molecule has 0 aliphatic heterocycles. The van der Waals surface area contributed by atoms with Crippen molar-refractivity contribution in [2.45, 2.75) is 43.1 Å². The Kier molecular flexibility index (Phi) is 5.01. The standard InChI is InChI=1S/C18H19N5O3S3/c1-4-23-13-6-5-11(29(19,25)26)7-12(13)20-18(23)27-8-14-21-16(24)15-9(2)10(3)28-17(15)22-14/h5-7H,4,8H2,1-3H3,(H2,19,25,26)(H,21,22,24). The van der Waals surface area contributed by atoms with Crippen molar-refractivity contribution in [1.82, 2.24) is 19.5 Å². The molecule has 3 aromatic heterocycles. The number of hydrogen-bond acceptors (Lipinski definition) is 7. The number of thioether (sulfide) groups is 1. The Labute approximate surface area is 175 Å². The molecule has 0 amide bonds. The molecule has 0 saturated carbocycles. The van der Waals surface area contributed by atoms with Crippen LogP contribution in [0.15, 0.2) is 33.0 Å². The lowest BCUT2D eigenvalue weighted by molar-refractivity contribution is 0.598. The number of hydrogen-bond donors (Lipinski definition) is 2. The summed E-state index contributed by atoms with van der Waals surface area (Å²) in [7, 11) is -3.79. The smallest absolute Gasteiger partial charge is 0.259 e. The first-order chi connectivity index (χ1) is 13.7. The molecule has 0 aliphatic carbocycles. The SMILES string of the molecule is CCn1c(SCc2nc3sc(C)c(C)c3c(=O)[nH]2)nc2cc(S(N)(=O)=O)ccc21. The average Bonchev–Trinajstić information content (AvgIpc) is 3.15. The van der Waals surface area contributed by atoms with Crippen molar-refractivity contribution < 1.29 is 8.42 Å². The monoisotopic (exact) mass is 449 g/mol. The minimum Gasteiger partial charge on any atom is -0.319 e. The first-order valence-electron chi connectivity index (χ1n) is 8.83. The van der Waals surface area contributed by atoms with E-state index in [0.29, 0.717) is 29.0 Å². The Bertz CT molecular complexity index is 1420. The Morgan fingerprint density at radius 1 is 1.28 bits per heavy atom. The molecule has 8 nitrogen and oxygen atoms in total. The number of primary sulfonamides is 1. The fourth-order valence-electron chi connectivity index (χ4n) is 3.18. The van der Waals surface area contributed by atoms with Gasteiger partial charge in [0.05, 0.1) is 27.1 Å². The molecule has 152 valence electrons. The fraction of sp³-hybridized carbons (Fsp3) is 0.278. The van der Waals surface area contributed by atoms with Gasteiger partial charge in [-0.2, -0.15) is 0 Å². The van der Waals surface area contributed by atoms with E-state index >= 15 is 0 Å². The van der Waals surface area contributed by atoms with Gasteiger partial charge in [0.1, 0.15) is 10.7 Å². The van der Waals surface area contributed by atoms with Crippen LogP contribution in [0.4, 0.5) is 0 Å². The molecule has 0 aliphatic rings. The van der Waals surface area contributed by atoms with Gasteiger partial charge in [0.2, 0.25) is 10.0 Å². The van der Waals surface area contributed by atoms with Crippen molar-refractivity contribution in [2.75, 3.05) is 0 Å². The number of aromatic amines is 1. The number of aromatic nitrogens is 4. The molecule has 0 unspecified atom stereocenters. The van der Waals surface area contributed by atoms with Crippen molar-refractivity contribution in [3.8, 4) is 0 Å². The molecule has 0 fully saturated rings. The van der Waals surface area contributed by atoms with Crippen LogP contribution in [0.1, 0.15) is 23.2 Å². The molecule has 11 heteroatoms. The highest BCUT2D eigenvalue weighted by molar-refractivity contribution is 7.98. The summed E-state index contributed by atoms with van der Waals surface area (Å²) >= 11 is 2.95. The molecule has 0 radical (unpaired) electrons. The zero-order valence-electron chi connectivity index (χ0n) is 16.0. The number of benzene rings is 1. The van der Waals surface area contributed by atoms with E-state index in [2.05, 4.69) is 15.0 Å². The normalized spacial score (nSPS) is 12.3. The van der Waals surface area contributed by atoms with E-state index in [1.54, 1.807) is 6.07 Å². The van der Waals surface area contributed by atoms with Gasteiger partial charge in [-0.05, 0) is 44.5 Å². The van der Waals surface area contributed by atoms with Gasteiger partial charge in [-0.3, -0.25) is 4.79 Å². The van der Waals surface area contributed by atoms with Crippen LogP contribution in [0.5, 0.6) is 0 Å². The number of sulfonamides is 1. The Morgan fingerprint density at radius 3 is 2.72 bits per heavy atom. The average molecular weight is 450 g/mol. The summed E-state index contributed by atoms with van der Waals surface area (Å²) in [6.45, 7) is 6.57. The first kappa shape index (κ1) is 20.1. The van der Waals surface area contributed by atoms with Crippen LogP contribution in [0.2, 0.25) is 0 Å². The lowest BCUT2D eigenvalue weighted by Crippen LogP contribution is -2.11. The quantitative estimate of drug-likeness (QED) is 0.452. The molecule has 0 atom stereocenters. The number of fused-ring (bicyclic) bond motifs is 2. The minimum absolute atomic E-state index is 0.0298. The van der Waals surface area contributed by atoms with Crippen LogP contribution < -0.4 is 10.7 Å². The molecular formula is C18H19N5O3S3. The van der Waals surface area contributed by atoms with E-state index in [1.807, 2.05) is 25.3 Å². The summed E-state index contributed by atoms with van der Waals surface area (Å²) in [6, 6.07) is 4.66. The third kappa shape index (κ3) is 3.59. The van der Waals surface area contributed by atoms with Gasteiger partial charge in [0, 0.05) is 11.4 Å². The van der Waals surface area contributed by atoms with Crippen molar-refractivity contribution in [3.05, 3.63) is 44.8 Å². The van der Waals surface area contributed by atoms with Crippen molar-refractivity contribution in [2.24, 2.45) is 5.14 Å². The number of nitrogens with two attached hydrogens (primary N) is 1. The van der Waals surface area contributed by atoms with Crippen molar-refractivity contribution in [3.63, 3.8) is 0 Å². The highest BCUT2D eigenvalue weighted by atomic mass is 32.2. The van der Waals surface area contributed by atoms with E-state index in [9.17, 15) is 13.2 Å². The van der Waals surface area contributed by atoms with Crippen molar-refractivity contribution in [1.29, 1.82) is 0 Å². The number of thiophene rings is 1. The lowest BCUT2D eigenvalue weighted by atomic mass is 10.2. The fourth-order valence-corrected chi connectivity index (χ4v) is 5.71. The molecule has 29 heavy (non-hydrogen) atoms. The summed E-state index contributed by atoms with van der Waals surface area (Å²) in [5.41, 5.74) is 2.22. The third-order valence-electron chi connectivity index (χ3n) is 4.76. The van der Waals surface area contributed by atoms with Gasteiger partial charge >= 0.3 is 0 Å². The molecule has 1 aromatic carbocycles. The Hall–Kier alpha value is -2.21. The number of aryl methyl sites for hydroxylation is 3. The van der Waals surface area contributed by atoms with Gasteiger partial charge < -0.3 is 9.55 Å². The van der Waals surface area contributed by atoms with Gasteiger partial charge in [0.25, 0.3) is 5.56 Å². The summed E-state index contributed by atoms with van der Waals surface area (Å²) < 4.78 is 25.2. The van der Waals surface area contributed by atoms with Gasteiger partial charge in [-0.1, -0.05) is 11.8 Å². The summed E-state index contributed by atoms with van der Waals surface area (Å²) in [4.78, 5) is 26.3. The summed E-state index contributed by atoms with van der Waals surface area (Å²) in [5, 5.41) is 6.59. The van der Waals surface area contributed by atoms with Crippen LogP contribution in [-0.2, 0) is 22.3 Å². The second-order valence-corrected chi connectivity index (χ2v) is 10.3. The lowest BCUT2D eigenvalue weighted by Gasteiger charge is -2.05. The zero-order chi connectivity index (χ0) is 20.9. The second kappa shape index (κ2) is 7.24. The zero-order valence-corrected chi connectivity index (χ0v) is 18.5. The van der Waals surface area contributed by atoms with E-state index in [0.717, 1.165) is 25.9 Å². The number of nitrogens with one attached hydrogen (secondary N) is 1. The largest absolute Gasteiger partial charge is 0.319 e. The van der Waals surface area contributed by atoms with Crippen LogP contribution in [-0.4, -0.2) is 27.9 Å². The highest BCUT2D eigenvalue weighted by Crippen LogP contribution is 2.29. The summed E-state index contributed by atoms with van der Waals surface area (Å²) in [6.07, 6.45) is 0. The minimum atomic E-state index is -3.79. The molecule has 3 heterocycles. The van der Waals surface area contributed by atoms with Crippen LogP contribution in [0.25, 0.3) is 21.3 Å². The van der Waals surface area contributed by atoms with E-state index in [4.69, 9.17) is 5.14 Å². The topological polar surface area (TPSA) is 124 Å². The molecule has 0 saturated heterocycles. The first-order valence-corrected chi connectivity index (χ1v) is 12.2. The van der Waals surface area contributed by atoms with Crippen LogP contribution in [0, 0.1) is 13.8 Å². The molecule has 0 spiro atoms. The molecule has 4 aromatic rings. The van der Waals surface area contributed by atoms with E-state index in [-0.39, 0.29) is 10.5 Å². The highest BCUT2D eigenvalue weighted by Gasteiger charge is 2.16. The second-order valence-electron chi connectivity index (χ2n) is 6.60.